The minimum atomic E-state index is -0.382. The van der Waals surface area contributed by atoms with Gasteiger partial charge in [-0.05, 0) is 50.1 Å². The Bertz CT molecular complexity index is 968. The minimum absolute atomic E-state index is 0.0852. The van der Waals surface area contributed by atoms with Gasteiger partial charge in [0.25, 0.3) is 0 Å². The first-order chi connectivity index (χ1) is 12.9. The molecule has 27 heavy (non-hydrogen) atoms. The predicted molar refractivity (Wildman–Crippen MR) is 108 cm³/mol. The smallest absolute Gasteiger partial charge is 0.148 e. The number of hydrogen-bond donors (Lipinski definition) is 2. The van der Waals surface area contributed by atoms with Gasteiger partial charge in [-0.1, -0.05) is 17.7 Å². The summed E-state index contributed by atoms with van der Waals surface area (Å²) in [6.45, 7) is 3.70. The zero-order valence-electron chi connectivity index (χ0n) is 15.3. The molecule has 1 aromatic heterocycles. The van der Waals surface area contributed by atoms with E-state index in [2.05, 4.69) is 11.8 Å². The van der Waals surface area contributed by atoms with Gasteiger partial charge in [-0.3, -0.25) is 0 Å². The maximum atomic E-state index is 14.4. The molecule has 0 bridgehead atoms. The van der Waals surface area contributed by atoms with E-state index in [0.717, 1.165) is 48.1 Å². The number of benzene rings is 2. The molecule has 4 rings (SSSR count). The zero-order valence-corrected chi connectivity index (χ0v) is 16.0. The lowest BCUT2D eigenvalue weighted by Gasteiger charge is -2.38. The highest BCUT2D eigenvalue weighted by Gasteiger charge is 2.27. The van der Waals surface area contributed by atoms with Gasteiger partial charge in [-0.15, -0.1) is 0 Å². The number of aliphatic hydroxyl groups is 1. The second-order valence-electron chi connectivity index (χ2n) is 7.55. The Morgan fingerprint density at radius 1 is 1.19 bits per heavy atom. The molecule has 0 unspecified atom stereocenters. The number of para-hydroxylation sites is 1. The third-order valence-corrected chi connectivity index (χ3v) is 5.85. The first-order valence-electron chi connectivity index (χ1n) is 9.13. The van der Waals surface area contributed by atoms with Crippen LogP contribution in [0.15, 0.2) is 42.6 Å². The van der Waals surface area contributed by atoms with Crippen molar-refractivity contribution in [3.63, 3.8) is 0 Å². The average molecular weight is 388 g/mol. The maximum Gasteiger partial charge on any atom is 0.148 e. The molecule has 0 atom stereocenters. The Balaban J connectivity index is 1.80. The van der Waals surface area contributed by atoms with Crippen molar-refractivity contribution in [2.75, 3.05) is 18.0 Å². The summed E-state index contributed by atoms with van der Waals surface area (Å²) in [5.74, 6) is -0.382. The molecule has 3 N–H and O–H groups in total. The molecule has 4 nitrogen and oxygen atoms in total. The molecule has 2 aromatic carbocycles. The van der Waals surface area contributed by atoms with Gasteiger partial charge in [0.05, 0.1) is 17.1 Å². The van der Waals surface area contributed by atoms with E-state index in [0.29, 0.717) is 10.7 Å². The molecule has 0 radical (unpaired) electrons. The van der Waals surface area contributed by atoms with Crippen LogP contribution in [0, 0.1) is 5.82 Å². The van der Waals surface area contributed by atoms with Gasteiger partial charge in [0.2, 0.25) is 0 Å². The van der Waals surface area contributed by atoms with E-state index in [-0.39, 0.29) is 18.0 Å². The van der Waals surface area contributed by atoms with Crippen molar-refractivity contribution in [2.24, 2.45) is 5.73 Å². The molecule has 0 spiro atoms. The second kappa shape index (κ2) is 6.82. The Hall–Kier alpha value is -2.08. The van der Waals surface area contributed by atoms with E-state index in [1.165, 1.54) is 6.07 Å². The molecule has 0 amide bonds. The van der Waals surface area contributed by atoms with Gasteiger partial charge in [-0.25, -0.2) is 4.39 Å². The van der Waals surface area contributed by atoms with Crippen molar-refractivity contribution in [3.8, 4) is 5.69 Å². The molecular weight excluding hydrogens is 365 g/mol. The molecule has 0 saturated carbocycles. The Labute approximate surface area is 163 Å². The summed E-state index contributed by atoms with van der Waals surface area (Å²) in [7, 11) is 0. The van der Waals surface area contributed by atoms with E-state index >= 15 is 0 Å². The molecule has 1 aliphatic heterocycles. The number of nitrogens with zero attached hydrogens (tertiary/aromatic N) is 2. The van der Waals surface area contributed by atoms with E-state index in [4.69, 9.17) is 17.3 Å². The number of nitrogens with two attached hydrogens (primary N) is 1. The Morgan fingerprint density at radius 2 is 1.93 bits per heavy atom. The fraction of sp³-hybridized carbons (Fsp3) is 0.333. The number of halogens is 2. The van der Waals surface area contributed by atoms with Gasteiger partial charge in [0, 0.05) is 41.5 Å². The maximum absolute atomic E-state index is 14.4. The summed E-state index contributed by atoms with van der Waals surface area (Å²) in [6.07, 6.45) is 3.61. The van der Waals surface area contributed by atoms with E-state index in [9.17, 15) is 9.50 Å². The normalized spacial score (nSPS) is 16.9. The molecule has 0 aliphatic carbocycles. The molecule has 6 heteroatoms. The van der Waals surface area contributed by atoms with Crippen LogP contribution >= 0.6 is 11.6 Å². The quantitative estimate of drug-likeness (QED) is 0.707. The summed E-state index contributed by atoms with van der Waals surface area (Å²) >= 11 is 6.24. The highest BCUT2D eigenvalue weighted by Crippen LogP contribution is 2.35. The fourth-order valence-corrected chi connectivity index (χ4v) is 4.16. The van der Waals surface area contributed by atoms with E-state index < -0.39 is 0 Å². The highest BCUT2D eigenvalue weighted by atomic mass is 35.5. The fourth-order valence-electron chi connectivity index (χ4n) is 3.90. The summed E-state index contributed by atoms with van der Waals surface area (Å²) < 4.78 is 16.1. The summed E-state index contributed by atoms with van der Waals surface area (Å²) in [4.78, 5) is 2.27. The number of rotatable bonds is 3. The van der Waals surface area contributed by atoms with E-state index in [1.54, 1.807) is 22.9 Å². The summed E-state index contributed by atoms with van der Waals surface area (Å²) in [5, 5.41) is 11.3. The third kappa shape index (κ3) is 3.20. The number of aliphatic hydroxyl groups excluding tert-OH is 1. The van der Waals surface area contributed by atoms with Crippen molar-refractivity contribution < 1.29 is 9.50 Å². The van der Waals surface area contributed by atoms with Crippen LogP contribution in [-0.2, 0) is 6.61 Å². The van der Waals surface area contributed by atoms with Crippen molar-refractivity contribution >= 4 is 28.2 Å². The molecular formula is C21H23ClFN3O. The number of piperidine rings is 1. The number of hydrogen-bond acceptors (Lipinski definition) is 3. The molecule has 1 aliphatic rings. The second-order valence-corrected chi connectivity index (χ2v) is 7.96. The lowest BCUT2D eigenvalue weighted by Crippen LogP contribution is -2.48. The van der Waals surface area contributed by atoms with Crippen LogP contribution in [0.3, 0.4) is 0 Å². The standard InChI is InChI=1S/C21H23ClFN3O/c1-21(24)8-11-25(12-9-21)18-5-6-19-14(15(18)13-27)7-10-26(19)20-16(22)3-2-4-17(20)23/h2-7,10,27H,8-9,11-13,24H2,1H3. The summed E-state index contributed by atoms with van der Waals surface area (Å²) in [5.41, 5.74) is 9.11. The SMILES string of the molecule is CC1(N)CCN(c2ccc3c(ccn3-c3c(F)cccc3Cl)c2CO)CC1. The number of fused-ring (bicyclic) bond motifs is 1. The number of aromatic nitrogens is 1. The lowest BCUT2D eigenvalue weighted by atomic mass is 9.90. The van der Waals surface area contributed by atoms with Crippen molar-refractivity contribution in [1.29, 1.82) is 0 Å². The van der Waals surface area contributed by atoms with E-state index in [1.807, 2.05) is 18.2 Å². The van der Waals surface area contributed by atoms with Gasteiger partial charge in [0.15, 0.2) is 0 Å². The van der Waals surface area contributed by atoms with Crippen LogP contribution in [0.5, 0.6) is 0 Å². The third-order valence-electron chi connectivity index (χ3n) is 5.54. The van der Waals surface area contributed by atoms with Crippen molar-refractivity contribution in [3.05, 3.63) is 59.0 Å². The summed E-state index contributed by atoms with van der Waals surface area (Å²) in [6, 6.07) is 10.5. The van der Waals surface area contributed by atoms with Crippen LogP contribution in [-0.4, -0.2) is 28.3 Å². The Morgan fingerprint density at radius 3 is 2.59 bits per heavy atom. The van der Waals surface area contributed by atoms with Gasteiger partial charge in [0.1, 0.15) is 11.5 Å². The first kappa shape index (κ1) is 18.3. The van der Waals surface area contributed by atoms with Crippen LogP contribution in [0.25, 0.3) is 16.6 Å². The van der Waals surface area contributed by atoms with Gasteiger partial charge >= 0.3 is 0 Å². The van der Waals surface area contributed by atoms with Crippen molar-refractivity contribution in [2.45, 2.75) is 31.9 Å². The largest absolute Gasteiger partial charge is 0.392 e. The molecule has 2 heterocycles. The monoisotopic (exact) mass is 387 g/mol. The van der Waals surface area contributed by atoms with Crippen LogP contribution in [0.1, 0.15) is 25.3 Å². The highest BCUT2D eigenvalue weighted by molar-refractivity contribution is 6.32. The van der Waals surface area contributed by atoms with Crippen LogP contribution in [0.2, 0.25) is 5.02 Å². The first-order valence-corrected chi connectivity index (χ1v) is 9.51. The van der Waals surface area contributed by atoms with Crippen LogP contribution < -0.4 is 10.6 Å². The van der Waals surface area contributed by atoms with Gasteiger partial charge in [-0.2, -0.15) is 0 Å². The average Bonchev–Trinajstić information content (AvgIpc) is 3.05. The lowest BCUT2D eigenvalue weighted by molar-refractivity contribution is 0.283. The zero-order chi connectivity index (χ0) is 19.2. The number of anilines is 1. The predicted octanol–water partition coefficient (Wildman–Crippen LogP) is 4.23. The molecule has 1 saturated heterocycles. The minimum Gasteiger partial charge on any atom is -0.392 e. The Kier molecular flexibility index (Phi) is 4.62. The molecule has 142 valence electrons. The van der Waals surface area contributed by atoms with Crippen LogP contribution in [0.4, 0.5) is 10.1 Å². The molecule has 3 aromatic rings. The topological polar surface area (TPSA) is 54.4 Å². The van der Waals surface area contributed by atoms with Crippen molar-refractivity contribution in [1.82, 2.24) is 4.57 Å². The van der Waals surface area contributed by atoms with Gasteiger partial charge < -0.3 is 20.3 Å². The molecule has 1 fully saturated rings.